The minimum atomic E-state index is -2.09. The van der Waals surface area contributed by atoms with Crippen LogP contribution >= 0.6 is 0 Å². The Kier molecular flexibility index (Phi) is 10.5. The number of fused-ring (bicyclic) bond motifs is 6. The fourth-order valence-electron chi connectivity index (χ4n) is 8.20. The monoisotopic (exact) mass is 1000 g/mol. The predicted molar refractivity (Wildman–Crippen MR) is 252 cm³/mol. The largest absolute Gasteiger partial charge is 0.497 e. The van der Waals surface area contributed by atoms with Crippen LogP contribution < -0.4 is 0 Å². The van der Waals surface area contributed by atoms with Crippen LogP contribution in [0.1, 0.15) is 60.3 Å². The standard InChI is InChI=1S/C44H34N3O2.C12H10N.Ir/c1-26(2)34-24-30(28-14-7-5-8-15-28)25-35(27(3)4)39(34)47-38-21-12-11-20-36(38)45-43(47)33-19-13-18-31-32-22-23-37-42(41(32)48-40(31)33)49-44(46-37)29-16-9-6-10-17-29;1-10-7-8-12(13-9-10)11-5-3-2-4-6-11;/h5-18,20-27H,1-4H3;2-5,7-9H,1H3;/q2*-1;/i;1D3;. The van der Waals surface area contributed by atoms with E-state index in [0.717, 1.165) is 61.1 Å². The number of pyridine rings is 1. The summed E-state index contributed by atoms with van der Waals surface area (Å²) in [6.45, 7) is 7.00. The Bertz CT molecular complexity index is 3440. The van der Waals surface area contributed by atoms with Crippen molar-refractivity contribution >= 4 is 44.1 Å². The molecule has 6 nitrogen and oxygen atoms in total. The van der Waals surface area contributed by atoms with E-state index >= 15 is 0 Å². The second-order valence-corrected chi connectivity index (χ2v) is 16.0. The molecule has 0 aliphatic rings. The second kappa shape index (κ2) is 17.4. The molecule has 311 valence electrons. The second-order valence-electron chi connectivity index (χ2n) is 16.0. The molecule has 11 aromatic rings. The Morgan fingerprint density at radius 3 is 1.97 bits per heavy atom. The molecule has 0 aliphatic carbocycles. The summed E-state index contributed by atoms with van der Waals surface area (Å²) in [5.74, 6) is 1.88. The molecule has 0 spiro atoms. The van der Waals surface area contributed by atoms with E-state index in [2.05, 4.69) is 122 Å². The van der Waals surface area contributed by atoms with Crippen LogP contribution in [-0.4, -0.2) is 19.5 Å². The summed E-state index contributed by atoms with van der Waals surface area (Å²) in [4.78, 5) is 14.2. The first-order valence-corrected chi connectivity index (χ1v) is 20.9. The summed E-state index contributed by atoms with van der Waals surface area (Å²) in [6.07, 6.45) is 1.39. The van der Waals surface area contributed by atoms with E-state index in [4.69, 9.17) is 22.9 Å². The first-order valence-electron chi connectivity index (χ1n) is 22.4. The van der Waals surface area contributed by atoms with Crippen molar-refractivity contribution in [3.63, 3.8) is 0 Å². The van der Waals surface area contributed by atoms with Gasteiger partial charge in [-0.3, -0.25) is 4.98 Å². The van der Waals surface area contributed by atoms with E-state index in [-0.39, 0.29) is 37.5 Å². The Morgan fingerprint density at radius 2 is 1.29 bits per heavy atom. The molecule has 1 radical (unpaired) electrons. The number of oxazole rings is 1. The molecule has 7 heteroatoms. The molecular formula is C56H44IrN4O2-2. The van der Waals surface area contributed by atoms with E-state index in [1.807, 2.05) is 66.7 Å². The number of para-hydroxylation sites is 2. The maximum absolute atomic E-state index is 7.23. The third-order valence-corrected chi connectivity index (χ3v) is 11.3. The molecule has 0 fully saturated rings. The average Bonchev–Trinajstić information content (AvgIpc) is 4.06. The molecule has 0 unspecified atom stereocenters. The summed E-state index contributed by atoms with van der Waals surface area (Å²) in [5, 5.41) is 1.95. The number of rotatable bonds is 7. The van der Waals surface area contributed by atoms with Gasteiger partial charge in [0.1, 0.15) is 5.52 Å². The minimum Gasteiger partial charge on any atom is -0.497 e. The third-order valence-electron chi connectivity index (χ3n) is 11.3. The molecule has 4 heterocycles. The molecule has 11 rings (SSSR count). The van der Waals surface area contributed by atoms with Crippen LogP contribution in [0.2, 0.25) is 0 Å². The molecule has 0 saturated carbocycles. The molecular weight excluding hydrogens is 953 g/mol. The summed E-state index contributed by atoms with van der Waals surface area (Å²) in [6, 6.07) is 59.1. The summed E-state index contributed by atoms with van der Waals surface area (Å²) in [7, 11) is 0. The van der Waals surface area contributed by atoms with Crippen molar-refractivity contribution in [2.45, 2.75) is 46.4 Å². The Hall–Kier alpha value is -6.92. The topological polar surface area (TPSA) is 69.9 Å². The zero-order valence-electron chi connectivity index (χ0n) is 38.2. The normalized spacial score (nSPS) is 12.3. The van der Waals surface area contributed by atoms with Crippen LogP contribution in [0, 0.1) is 19.0 Å². The summed E-state index contributed by atoms with van der Waals surface area (Å²) < 4.78 is 37.2. The van der Waals surface area contributed by atoms with Crippen LogP contribution in [0.25, 0.3) is 95.0 Å². The van der Waals surface area contributed by atoms with Crippen molar-refractivity contribution in [1.82, 2.24) is 19.5 Å². The average molecular weight is 1000 g/mol. The van der Waals surface area contributed by atoms with Crippen molar-refractivity contribution in [3.05, 3.63) is 193 Å². The summed E-state index contributed by atoms with van der Waals surface area (Å²) in [5.41, 5.74) is 14.4. The van der Waals surface area contributed by atoms with Crippen LogP contribution in [0.4, 0.5) is 0 Å². The van der Waals surface area contributed by atoms with Crippen LogP contribution in [0.15, 0.2) is 173 Å². The molecule has 0 N–H and O–H groups in total. The van der Waals surface area contributed by atoms with E-state index in [1.54, 1.807) is 18.2 Å². The van der Waals surface area contributed by atoms with E-state index in [0.29, 0.717) is 17.1 Å². The van der Waals surface area contributed by atoms with Gasteiger partial charge in [-0.05, 0) is 101 Å². The summed E-state index contributed by atoms with van der Waals surface area (Å²) >= 11 is 0. The number of nitrogens with zero attached hydrogens (tertiary/aromatic N) is 4. The van der Waals surface area contributed by atoms with Gasteiger partial charge in [0, 0.05) is 47.1 Å². The number of hydrogen-bond acceptors (Lipinski definition) is 5. The number of aryl methyl sites for hydroxylation is 1. The number of imidazole rings is 1. The predicted octanol–water partition coefficient (Wildman–Crippen LogP) is 15.0. The molecule has 0 bridgehead atoms. The maximum atomic E-state index is 7.23. The zero-order chi connectivity index (χ0) is 44.8. The molecule has 0 saturated heterocycles. The zero-order valence-corrected chi connectivity index (χ0v) is 37.6. The molecule has 4 aromatic heterocycles. The van der Waals surface area contributed by atoms with Gasteiger partial charge in [-0.25, -0.2) is 4.98 Å². The fourth-order valence-corrected chi connectivity index (χ4v) is 8.20. The maximum Gasteiger partial charge on any atom is 0.227 e. The number of furan rings is 1. The van der Waals surface area contributed by atoms with Gasteiger partial charge >= 0.3 is 0 Å². The van der Waals surface area contributed by atoms with E-state index < -0.39 is 6.85 Å². The van der Waals surface area contributed by atoms with E-state index in [9.17, 15) is 0 Å². The van der Waals surface area contributed by atoms with Crippen molar-refractivity contribution in [2.24, 2.45) is 0 Å². The Balaban J connectivity index is 0.000000273. The quantitative estimate of drug-likeness (QED) is 0.149. The third kappa shape index (κ3) is 7.80. The molecule has 63 heavy (non-hydrogen) atoms. The SMILES string of the molecule is CC(C)c1cc(-c2ccccc2)cc(C(C)C)c1-n1c(-c2[c-]ccc3c2oc2c3ccc3nc(-c4ccccc4)oc32)nc2ccccc21.[2H]C([2H])([2H])c1ccc(-c2[c-]cccc2)nc1.[Ir]. The number of aromatic nitrogens is 4. The molecule has 0 amide bonds. The number of hydrogen-bond donors (Lipinski definition) is 0. The van der Waals surface area contributed by atoms with Crippen molar-refractivity contribution in [2.75, 3.05) is 0 Å². The van der Waals surface area contributed by atoms with Gasteiger partial charge in [-0.2, -0.15) is 0 Å². The van der Waals surface area contributed by atoms with Gasteiger partial charge in [0.25, 0.3) is 0 Å². The van der Waals surface area contributed by atoms with Crippen molar-refractivity contribution < 1.29 is 33.1 Å². The molecule has 0 atom stereocenters. The van der Waals surface area contributed by atoms with Gasteiger partial charge in [0.2, 0.25) is 5.89 Å². The fraction of sp³-hybridized carbons (Fsp3) is 0.125. The van der Waals surface area contributed by atoms with Crippen LogP contribution in [0.5, 0.6) is 0 Å². The first-order chi connectivity index (χ1) is 31.5. The van der Waals surface area contributed by atoms with Gasteiger partial charge < -0.3 is 18.4 Å². The van der Waals surface area contributed by atoms with E-state index in [1.165, 1.54) is 34.1 Å². The van der Waals surface area contributed by atoms with Crippen LogP contribution in [0.3, 0.4) is 0 Å². The van der Waals surface area contributed by atoms with Gasteiger partial charge in [0.05, 0.1) is 22.4 Å². The van der Waals surface area contributed by atoms with Crippen molar-refractivity contribution in [3.8, 4) is 50.9 Å². The number of benzene rings is 7. The molecule has 0 aliphatic heterocycles. The van der Waals surface area contributed by atoms with Gasteiger partial charge in [-0.1, -0.05) is 111 Å². The minimum absolute atomic E-state index is 0. The van der Waals surface area contributed by atoms with Gasteiger partial charge in [-0.15, -0.1) is 54.1 Å². The van der Waals surface area contributed by atoms with Crippen molar-refractivity contribution in [1.29, 1.82) is 0 Å². The molecule has 7 aromatic carbocycles. The smallest absolute Gasteiger partial charge is 0.227 e. The Morgan fingerprint density at radius 1 is 0.587 bits per heavy atom. The van der Waals surface area contributed by atoms with Gasteiger partial charge in [0.15, 0.2) is 11.2 Å². The first kappa shape index (κ1) is 37.8. The Labute approximate surface area is 384 Å². The van der Waals surface area contributed by atoms with Crippen LogP contribution in [-0.2, 0) is 20.1 Å².